The molecule has 4 bridgehead atoms. The number of likely N-dealkylation sites (tertiary alicyclic amines) is 1. The van der Waals surface area contributed by atoms with Gasteiger partial charge in [0.25, 0.3) is 0 Å². The highest BCUT2D eigenvalue weighted by molar-refractivity contribution is 5.67. The molecule has 5 heteroatoms. The van der Waals surface area contributed by atoms with Crippen molar-refractivity contribution >= 4 is 0 Å². The van der Waals surface area contributed by atoms with Crippen LogP contribution in [0.15, 0.2) is 24.3 Å². The molecule has 2 spiro atoms. The van der Waals surface area contributed by atoms with Crippen LogP contribution in [0.25, 0.3) is 0 Å². The van der Waals surface area contributed by atoms with Gasteiger partial charge in [-0.2, -0.15) is 0 Å². The van der Waals surface area contributed by atoms with E-state index in [1.807, 2.05) is 6.92 Å². The average Bonchev–Trinajstić information content (AvgIpc) is 3.03. The lowest BCUT2D eigenvalue weighted by molar-refractivity contribution is -0.286. The summed E-state index contributed by atoms with van der Waals surface area (Å²) in [5, 5.41) is 22.7. The summed E-state index contributed by atoms with van der Waals surface area (Å²) < 4.78 is 13.4. The van der Waals surface area contributed by atoms with Crippen LogP contribution in [0, 0.1) is 11.3 Å². The number of nitrogens with zero attached hydrogens (tertiary/aromatic N) is 1. The van der Waals surface area contributed by atoms with E-state index < -0.39 is 16.8 Å². The monoisotopic (exact) mass is 425 g/mol. The number of benzene rings is 1. The van der Waals surface area contributed by atoms with Crippen molar-refractivity contribution in [2.24, 2.45) is 11.3 Å². The number of hydrogen-bond acceptors (Lipinski definition) is 5. The first-order chi connectivity index (χ1) is 14.6. The van der Waals surface area contributed by atoms with E-state index in [9.17, 15) is 10.2 Å². The quantitative estimate of drug-likeness (QED) is 0.723. The molecule has 1 aromatic rings. The average molecular weight is 426 g/mol. The molecule has 1 aromatic carbocycles. The fourth-order valence-electron chi connectivity index (χ4n) is 9.06. The molecule has 7 atom stereocenters. The summed E-state index contributed by atoms with van der Waals surface area (Å²) in [6.45, 7) is 7.29. The SMILES string of the molecule is CCC[C@@](C)(O)[C@@H]1C[C@@]23C=C[C@]1(OC)[C@@]1(C)Oc4c(O)ccc5c4[C@@]12CCN(C)[C@@H]3C5. The second kappa shape index (κ2) is 5.67. The predicted octanol–water partition coefficient (Wildman–Crippen LogP) is 3.55. The standard InChI is InChI=1S/C26H35NO4/c1-6-9-22(2,29)18-15-24-10-11-26(18,30-5)23(3)25(24)12-13-27(4)19(24)14-16-7-8-17(28)21(31-23)20(16)25/h7-8,10-11,18-19,28-29H,6,9,12-15H2,1-5H3/t18-,19+,22+,23-,24+,25-,26+/m0/s1. The number of rotatable bonds is 4. The lowest BCUT2D eigenvalue weighted by Crippen LogP contribution is -2.85. The topological polar surface area (TPSA) is 62.2 Å². The van der Waals surface area contributed by atoms with E-state index in [2.05, 4.69) is 44.0 Å². The molecule has 2 N–H and O–H groups in total. The molecule has 0 unspecified atom stereocenters. The van der Waals surface area contributed by atoms with Gasteiger partial charge >= 0.3 is 0 Å². The molecular formula is C26H35NO4. The van der Waals surface area contributed by atoms with Crippen LogP contribution in [-0.2, 0) is 16.6 Å². The lowest BCUT2D eigenvalue weighted by atomic mass is 9.32. The van der Waals surface area contributed by atoms with E-state index in [1.54, 1.807) is 13.2 Å². The van der Waals surface area contributed by atoms with Crippen molar-refractivity contribution in [2.45, 2.75) is 81.1 Å². The number of hydrogen-bond donors (Lipinski definition) is 2. The summed E-state index contributed by atoms with van der Waals surface area (Å²) >= 11 is 0. The maximum absolute atomic E-state index is 11.8. The number of methoxy groups -OCH3 is 1. The van der Waals surface area contributed by atoms with Crippen molar-refractivity contribution < 1.29 is 19.7 Å². The van der Waals surface area contributed by atoms with Crippen molar-refractivity contribution in [1.82, 2.24) is 4.90 Å². The summed E-state index contributed by atoms with van der Waals surface area (Å²) in [6.07, 6.45) is 9.04. The number of piperidine rings is 1. The van der Waals surface area contributed by atoms with E-state index in [0.29, 0.717) is 11.8 Å². The molecule has 4 aliphatic carbocycles. The molecule has 5 nitrogen and oxygen atoms in total. The Morgan fingerprint density at radius 3 is 2.81 bits per heavy atom. The Hall–Kier alpha value is -1.56. The Bertz CT molecular complexity index is 1000. The normalized spacial score (nSPS) is 45.9. The first kappa shape index (κ1) is 20.1. The Morgan fingerprint density at radius 1 is 1.32 bits per heavy atom. The highest BCUT2D eigenvalue weighted by Crippen LogP contribution is 2.79. The van der Waals surface area contributed by atoms with Crippen molar-refractivity contribution in [1.29, 1.82) is 0 Å². The molecule has 31 heavy (non-hydrogen) atoms. The van der Waals surface area contributed by atoms with Gasteiger partial charge in [-0.15, -0.1) is 0 Å². The number of fused-ring (bicyclic) bond motifs is 1. The molecule has 0 radical (unpaired) electrons. The van der Waals surface area contributed by atoms with Crippen molar-refractivity contribution in [3.63, 3.8) is 0 Å². The van der Waals surface area contributed by atoms with Gasteiger partial charge in [0.15, 0.2) is 11.5 Å². The smallest absolute Gasteiger partial charge is 0.166 e. The zero-order chi connectivity index (χ0) is 22.0. The van der Waals surface area contributed by atoms with Gasteiger partial charge in [0.05, 0.1) is 11.0 Å². The van der Waals surface area contributed by atoms with Crippen LogP contribution in [0.3, 0.4) is 0 Å². The number of likely N-dealkylation sites (N-methyl/N-ethyl adjacent to an activating group) is 1. The van der Waals surface area contributed by atoms with E-state index in [1.165, 1.54) is 11.1 Å². The van der Waals surface area contributed by atoms with Crippen molar-refractivity contribution in [2.75, 3.05) is 20.7 Å². The Kier molecular flexibility index (Phi) is 3.67. The molecule has 168 valence electrons. The summed E-state index contributed by atoms with van der Waals surface area (Å²) in [4.78, 5) is 2.51. The number of phenolic OH excluding ortho intramolecular Hbond substituents is 1. The minimum absolute atomic E-state index is 0.0971. The lowest BCUT2D eigenvalue weighted by Gasteiger charge is -2.75. The molecule has 0 aromatic heterocycles. The van der Waals surface area contributed by atoms with Crippen LogP contribution in [-0.4, -0.2) is 58.7 Å². The first-order valence-electron chi connectivity index (χ1n) is 11.9. The Labute approximate surface area is 185 Å². The molecule has 1 saturated heterocycles. The van der Waals surface area contributed by atoms with Gasteiger partial charge in [-0.05, 0) is 64.8 Å². The van der Waals surface area contributed by atoms with E-state index in [0.717, 1.165) is 38.6 Å². The zero-order valence-electron chi connectivity index (χ0n) is 19.4. The Morgan fingerprint density at radius 2 is 2.10 bits per heavy atom. The van der Waals surface area contributed by atoms with Crippen LogP contribution in [0.2, 0.25) is 0 Å². The third-order valence-electron chi connectivity index (χ3n) is 10.2. The van der Waals surface area contributed by atoms with Gasteiger partial charge in [0.2, 0.25) is 0 Å². The first-order valence-corrected chi connectivity index (χ1v) is 11.9. The van der Waals surface area contributed by atoms with Gasteiger partial charge in [-0.1, -0.05) is 31.6 Å². The minimum atomic E-state index is -0.875. The molecule has 2 heterocycles. The van der Waals surface area contributed by atoms with Gasteiger partial charge in [-0.3, -0.25) is 0 Å². The van der Waals surface area contributed by atoms with E-state index in [4.69, 9.17) is 9.47 Å². The molecule has 7 rings (SSSR count). The molecular weight excluding hydrogens is 390 g/mol. The van der Waals surface area contributed by atoms with Crippen molar-refractivity contribution in [3.8, 4) is 11.5 Å². The third kappa shape index (κ3) is 1.82. The number of phenols is 1. The molecule has 1 saturated carbocycles. The Balaban J connectivity index is 1.71. The second-order valence-corrected chi connectivity index (χ2v) is 11.2. The van der Waals surface area contributed by atoms with Crippen LogP contribution in [0.5, 0.6) is 11.5 Å². The number of aromatic hydroxyl groups is 1. The van der Waals surface area contributed by atoms with E-state index >= 15 is 0 Å². The summed E-state index contributed by atoms with van der Waals surface area (Å²) in [5.41, 5.74) is -0.290. The van der Waals surface area contributed by atoms with Crippen LogP contribution < -0.4 is 4.74 Å². The summed E-state index contributed by atoms with van der Waals surface area (Å²) in [7, 11) is 4.01. The fraction of sp³-hybridized carbons (Fsp3) is 0.692. The highest BCUT2D eigenvalue weighted by Gasteiger charge is 2.85. The largest absolute Gasteiger partial charge is 0.504 e. The maximum atomic E-state index is 11.8. The molecule has 6 aliphatic rings. The molecule has 0 amide bonds. The van der Waals surface area contributed by atoms with Gasteiger partial charge in [0, 0.05) is 30.0 Å². The van der Waals surface area contributed by atoms with Crippen LogP contribution in [0.1, 0.15) is 57.6 Å². The van der Waals surface area contributed by atoms with Gasteiger partial charge < -0.3 is 24.6 Å². The third-order valence-corrected chi connectivity index (χ3v) is 10.2. The highest BCUT2D eigenvalue weighted by atomic mass is 16.6. The van der Waals surface area contributed by atoms with E-state index in [-0.39, 0.29) is 22.5 Å². The van der Waals surface area contributed by atoms with Gasteiger partial charge in [0.1, 0.15) is 11.2 Å². The zero-order valence-corrected chi connectivity index (χ0v) is 19.4. The molecule has 2 aliphatic heterocycles. The predicted molar refractivity (Wildman–Crippen MR) is 119 cm³/mol. The van der Waals surface area contributed by atoms with Crippen LogP contribution in [0.4, 0.5) is 0 Å². The summed E-state index contributed by atoms with van der Waals surface area (Å²) in [5.74, 6) is 0.771. The van der Waals surface area contributed by atoms with Gasteiger partial charge in [-0.25, -0.2) is 0 Å². The minimum Gasteiger partial charge on any atom is -0.504 e. The maximum Gasteiger partial charge on any atom is 0.166 e. The number of aliphatic hydroxyl groups is 1. The fourth-order valence-corrected chi connectivity index (χ4v) is 9.06. The number of ether oxygens (including phenoxy) is 2. The molecule has 2 fully saturated rings. The van der Waals surface area contributed by atoms with Crippen molar-refractivity contribution in [3.05, 3.63) is 35.4 Å². The second-order valence-electron chi connectivity index (χ2n) is 11.2. The summed E-state index contributed by atoms with van der Waals surface area (Å²) in [6, 6.07) is 4.22. The van der Waals surface area contributed by atoms with Crippen LogP contribution >= 0.6 is 0 Å².